The van der Waals surface area contributed by atoms with E-state index in [0.29, 0.717) is 12.8 Å². The Kier molecular flexibility index (Phi) is 3.48. The fraction of sp³-hybridized carbons (Fsp3) is 0.600. The van der Waals surface area contributed by atoms with Gasteiger partial charge in [0.15, 0.2) is 9.84 Å². The van der Waals surface area contributed by atoms with Crippen molar-refractivity contribution in [2.75, 3.05) is 11.5 Å². The van der Waals surface area contributed by atoms with Crippen molar-refractivity contribution in [2.24, 2.45) is 11.8 Å². The summed E-state index contributed by atoms with van der Waals surface area (Å²) in [4.78, 5) is 15.3. The number of carboxylic acids is 1. The van der Waals surface area contributed by atoms with Crippen LogP contribution < -0.4 is 0 Å². The molecule has 0 spiro atoms. The summed E-state index contributed by atoms with van der Waals surface area (Å²) in [6.07, 6.45) is 0.766. The van der Waals surface area contributed by atoms with Crippen molar-refractivity contribution in [1.82, 2.24) is 4.98 Å². The summed E-state index contributed by atoms with van der Waals surface area (Å²) in [6, 6.07) is 0. The maximum Gasteiger partial charge on any atom is 0.307 e. The zero-order valence-corrected chi connectivity index (χ0v) is 10.7. The molecule has 0 amide bonds. The first kappa shape index (κ1) is 12.5. The van der Waals surface area contributed by atoms with Gasteiger partial charge in [-0.2, -0.15) is 0 Å². The van der Waals surface area contributed by atoms with E-state index >= 15 is 0 Å². The van der Waals surface area contributed by atoms with E-state index in [9.17, 15) is 18.3 Å². The number of aromatic nitrogens is 1. The Morgan fingerprint density at radius 2 is 2.41 bits per heavy atom. The van der Waals surface area contributed by atoms with Crippen LogP contribution in [0.5, 0.6) is 0 Å². The minimum absolute atomic E-state index is 0.00585. The van der Waals surface area contributed by atoms with E-state index < -0.39 is 21.7 Å². The Balaban J connectivity index is 2.11. The van der Waals surface area contributed by atoms with Crippen LogP contribution in [0.15, 0.2) is 10.9 Å². The van der Waals surface area contributed by atoms with Crippen molar-refractivity contribution in [2.45, 2.75) is 12.8 Å². The van der Waals surface area contributed by atoms with Crippen LogP contribution in [-0.2, 0) is 21.1 Å². The lowest BCUT2D eigenvalue weighted by molar-refractivity contribution is -0.143. The maximum atomic E-state index is 11.4. The quantitative estimate of drug-likeness (QED) is 0.879. The number of carboxylic acid groups (broad SMARTS) is 1. The molecule has 1 aliphatic rings. The van der Waals surface area contributed by atoms with E-state index in [1.165, 1.54) is 11.3 Å². The van der Waals surface area contributed by atoms with E-state index in [4.69, 9.17) is 0 Å². The van der Waals surface area contributed by atoms with Gasteiger partial charge in [0, 0.05) is 11.8 Å². The molecule has 94 valence electrons. The third kappa shape index (κ3) is 3.04. The fourth-order valence-corrected chi connectivity index (χ4v) is 4.61. The third-order valence-electron chi connectivity index (χ3n) is 3.07. The second kappa shape index (κ2) is 4.73. The monoisotopic (exact) mass is 275 g/mol. The van der Waals surface area contributed by atoms with Crippen LogP contribution in [0.3, 0.4) is 0 Å². The highest BCUT2D eigenvalue weighted by molar-refractivity contribution is 7.91. The van der Waals surface area contributed by atoms with Gasteiger partial charge in [-0.3, -0.25) is 4.79 Å². The number of sulfone groups is 1. The molecule has 1 aliphatic heterocycles. The highest BCUT2D eigenvalue weighted by Crippen LogP contribution is 2.28. The first-order valence-electron chi connectivity index (χ1n) is 5.28. The lowest BCUT2D eigenvalue weighted by atomic mass is 9.88. The van der Waals surface area contributed by atoms with Crippen molar-refractivity contribution in [3.8, 4) is 0 Å². The summed E-state index contributed by atoms with van der Waals surface area (Å²) in [5.74, 6) is -1.75. The van der Waals surface area contributed by atoms with E-state index in [2.05, 4.69) is 4.98 Å². The van der Waals surface area contributed by atoms with Crippen LogP contribution in [-0.4, -0.2) is 36.0 Å². The summed E-state index contributed by atoms with van der Waals surface area (Å²) in [5.41, 5.74) is 2.38. The van der Waals surface area contributed by atoms with Gasteiger partial charge in [0.1, 0.15) is 0 Å². The molecule has 17 heavy (non-hydrogen) atoms. The van der Waals surface area contributed by atoms with Gasteiger partial charge < -0.3 is 5.11 Å². The Bertz CT molecular complexity index is 494. The SMILES string of the molecule is O=C(O)C(Cc1cscn1)C1CCS(=O)(=O)C1. The van der Waals surface area contributed by atoms with E-state index in [1.807, 2.05) is 0 Å². The van der Waals surface area contributed by atoms with Crippen LogP contribution in [0.1, 0.15) is 12.1 Å². The van der Waals surface area contributed by atoms with Crippen molar-refractivity contribution >= 4 is 27.1 Å². The summed E-state index contributed by atoms with van der Waals surface area (Å²) < 4.78 is 22.7. The van der Waals surface area contributed by atoms with Gasteiger partial charge in [-0.05, 0) is 12.3 Å². The molecular formula is C10H13NO4S2. The molecule has 2 unspecified atom stereocenters. The molecule has 0 aliphatic carbocycles. The van der Waals surface area contributed by atoms with Gasteiger partial charge >= 0.3 is 5.97 Å². The van der Waals surface area contributed by atoms with Crippen molar-refractivity contribution in [3.05, 3.63) is 16.6 Å². The molecule has 1 fully saturated rings. The Hall–Kier alpha value is -0.950. The van der Waals surface area contributed by atoms with Gasteiger partial charge in [-0.15, -0.1) is 11.3 Å². The van der Waals surface area contributed by atoms with E-state index in [-0.39, 0.29) is 17.4 Å². The van der Waals surface area contributed by atoms with Crippen LogP contribution in [0.2, 0.25) is 0 Å². The largest absolute Gasteiger partial charge is 0.481 e. The molecule has 7 heteroatoms. The molecule has 1 aromatic heterocycles. The molecule has 1 N–H and O–H groups in total. The number of aliphatic carboxylic acids is 1. The number of hydrogen-bond acceptors (Lipinski definition) is 5. The summed E-state index contributed by atoms with van der Waals surface area (Å²) >= 11 is 1.41. The molecule has 5 nitrogen and oxygen atoms in total. The lowest BCUT2D eigenvalue weighted by Gasteiger charge is -2.16. The molecule has 1 saturated heterocycles. The zero-order valence-electron chi connectivity index (χ0n) is 9.07. The third-order valence-corrected chi connectivity index (χ3v) is 5.50. The Morgan fingerprint density at radius 3 is 2.88 bits per heavy atom. The second-order valence-electron chi connectivity index (χ2n) is 4.29. The lowest BCUT2D eigenvalue weighted by Crippen LogP contribution is -2.26. The molecule has 1 aromatic rings. The number of hydrogen-bond donors (Lipinski definition) is 1. The second-order valence-corrected chi connectivity index (χ2v) is 7.24. The number of thiazole rings is 1. The smallest absolute Gasteiger partial charge is 0.307 e. The van der Waals surface area contributed by atoms with Gasteiger partial charge in [-0.25, -0.2) is 13.4 Å². The summed E-state index contributed by atoms with van der Waals surface area (Å²) in [6.45, 7) is 0. The van der Waals surface area contributed by atoms with Crippen molar-refractivity contribution in [3.63, 3.8) is 0 Å². The summed E-state index contributed by atoms with van der Waals surface area (Å²) in [5, 5.41) is 11.0. The molecule has 0 bridgehead atoms. The highest BCUT2D eigenvalue weighted by Gasteiger charge is 2.37. The maximum absolute atomic E-state index is 11.4. The fourth-order valence-electron chi connectivity index (χ4n) is 2.16. The molecule has 0 radical (unpaired) electrons. The highest BCUT2D eigenvalue weighted by atomic mass is 32.2. The van der Waals surface area contributed by atoms with Crippen LogP contribution in [0.4, 0.5) is 0 Å². The number of rotatable bonds is 4. The van der Waals surface area contributed by atoms with Gasteiger partial charge in [0.05, 0.1) is 28.6 Å². The van der Waals surface area contributed by atoms with Gasteiger partial charge in [0.2, 0.25) is 0 Å². The normalized spacial score (nSPS) is 24.6. The van der Waals surface area contributed by atoms with E-state index in [1.54, 1.807) is 10.9 Å². The average Bonchev–Trinajstić information content (AvgIpc) is 2.83. The first-order valence-corrected chi connectivity index (χ1v) is 8.04. The molecule has 2 heterocycles. The summed E-state index contributed by atoms with van der Waals surface area (Å²) in [7, 11) is -3.03. The minimum atomic E-state index is -3.03. The first-order chi connectivity index (χ1) is 7.98. The Morgan fingerprint density at radius 1 is 1.65 bits per heavy atom. The molecule has 2 rings (SSSR count). The van der Waals surface area contributed by atoms with Crippen molar-refractivity contribution in [1.29, 1.82) is 0 Å². The average molecular weight is 275 g/mol. The van der Waals surface area contributed by atoms with E-state index in [0.717, 1.165) is 5.69 Å². The van der Waals surface area contributed by atoms with Crippen LogP contribution in [0.25, 0.3) is 0 Å². The molecule has 0 aromatic carbocycles. The van der Waals surface area contributed by atoms with Crippen LogP contribution >= 0.6 is 11.3 Å². The molecule has 0 saturated carbocycles. The standard InChI is InChI=1S/C10H13NO4S2/c12-10(13)9(3-8-4-16-6-11-8)7-1-2-17(14,15)5-7/h4,6-7,9H,1-3,5H2,(H,12,13). The van der Waals surface area contributed by atoms with Gasteiger partial charge in [0.25, 0.3) is 0 Å². The van der Waals surface area contributed by atoms with Crippen LogP contribution in [0, 0.1) is 11.8 Å². The van der Waals surface area contributed by atoms with Gasteiger partial charge in [-0.1, -0.05) is 0 Å². The Labute approximate surface area is 103 Å². The molecular weight excluding hydrogens is 262 g/mol. The topological polar surface area (TPSA) is 84.3 Å². The minimum Gasteiger partial charge on any atom is -0.481 e. The predicted molar refractivity (Wildman–Crippen MR) is 63.7 cm³/mol. The number of nitrogens with zero attached hydrogens (tertiary/aromatic N) is 1. The zero-order chi connectivity index (χ0) is 12.5. The van der Waals surface area contributed by atoms with Crippen molar-refractivity contribution < 1.29 is 18.3 Å². The predicted octanol–water partition coefficient (Wildman–Crippen LogP) is 0.821. The molecule has 2 atom stereocenters. The number of carbonyl (C=O) groups is 1.